The second-order valence-corrected chi connectivity index (χ2v) is 7.84. The SMILES string of the molecule is Cc1ccccc1OCc1ccc(C(=O)Nc2cnn(Cc3cccc4ccccc34)c2)o1. The number of nitrogens with one attached hydrogen (secondary N) is 1. The van der Waals surface area contributed by atoms with Crippen LogP contribution >= 0.6 is 0 Å². The third kappa shape index (κ3) is 4.65. The number of hydrogen-bond donors (Lipinski definition) is 1. The van der Waals surface area contributed by atoms with Gasteiger partial charge in [0, 0.05) is 6.20 Å². The molecule has 0 bridgehead atoms. The van der Waals surface area contributed by atoms with Gasteiger partial charge in [-0.15, -0.1) is 0 Å². The van der Waals surface area contributed by atoms with Crippen LogP contribution in [0.3, 0.4) is 0 Å². The maximum absolute atomic E-state index is 12.6. The van der Waals surface area contributed by atoms with Crippen LogP contribution in [0.4, 0.5) is 5.69 Å². The summed E-state index contributed by atoms with van der Waals surface area (Å²) in [6, 6.07) is 25.6. The first kappa shape index (κ1) is 20.6. The molecule has 5 aromatic rings. The summed E-state index contributed by atoms with van der Waals surface area (Å²) in [5, 5.41) is 9.62. The van der Waals surface area contributed by atoms with Crippen molar-refractivity contribution in [1.82, 2.24) is 9.78 Å². The summed E-state index contributed by atoms with van der Waals surface area (Å²) in [6.07, 6.45) is 3.44. The molecule has 0 aliphatic heterocycles. The number of para-hydroxylation sites is 1. The lowest BCUT2D eigenvalue weighted by Gasteiger charge is -2.07. The summed E-state index contributed by atoms with van der Waals surface area (Å²) < 4.78 is 13.3. The molecule has 3 aromatic carbocycles. The summed E-state index contributed by atoms with van der Waals surface area (Å²) in [7, 11) is 0. The van der Waals surface area contributed by atoms with E-state index in [0.29, 0.717) is 18.0 Å². The summed E-state index contributed by atoms with van der Waals surface area (Å²) in [5.74, 6) is 1.26. The Bertz CT molecular complexity index is 1410. The number of nitrogens with zero attached hydrogens (tertiary/aromatic N) is 2. The van der Waals surface area contributed by atoms with Crippen molar-refractivity contribution in [3.05, 3.63) is 114 Å². The quantitative estimate of drug-likeness (QED) is 0.348. The van der Waals surface area contributed by atoms with E-state index < -0.39 is 0 Å². The van der Waals surface area contributed by atoms with E-state index >= 15 is 0 Å². The molecule has 0 radical (unpaired) electrons. The fourth-order valence-electron chi connectivity index (χ4n) is 3.76. The van der Waals surface area contributed by atoms with E-state index in [0.717, 1.165) is 11.3 Å². The number of aryl methyl sites for hydroxylation is 1. The third-order valence-electron chi connectivity index (χ3n) is 5.45. The maximum atomic E-state index is 12.6. The van der Waals surface area contributed by atoms with Crippen LogP contribution in [-0.2, 0) is 13.2 Å². The molecule has 2 aromatic heterocycles. The molecule has 164 valence electrons. The fourth-order valence-corrected chi connectivity index (χ4v) is 3.76. The minimum absolute atomic E-state index is 0.222. The van der Waals surface area contributed by atoms with E-state index in [4.69, 9.17) is 9.15 Å². The highest BCUT2D eigenvalue weighted by Crippen LogP contribution is 2.21. The predicted molar refractivity (Wildman–Crippen MR) is 127 cm³/mol. The standard InChI is InChI=1S/C27H23N3O3/c1-19-7-2-5-12-25(19)32-18-23-13-14-26(33-23)27(31)29-22-15-28-30(17-22)16-21-10-6-9-20-8-3-4-11-24(20)21/h2-15,17H,16,18H2,1H3,(H,29,31). The molecule has 0 saturated carbocycles. The lowest BCUT2D eigenvalue weighted by molar-refractivity contribution is 0.0992. The number of furan rings is 1. The Labute approximate surface area is 191 Å². The van der Waals surface area contributed by atoms with Crippen molar-refractivity contribution in [2.45, 2.75) is 20.1 Å². The normalized spacial score (nSPS) is 10.9. The van der Waals surface area contributed by atoms with E-state index in [1.165, 1.54) is 16.3 Å². The molecule has 0 atom stereocenters. The van der Waals surface area contributed by atoms with Gasteiger partial charge in [-0.05, 0) is 47.0 Å². The smallest absolute Gasteiger partial charge is 0.291 e. The average molecular weight is 437 g/mol. The number of ether oxygens (including phenoxy) is 1. The number of carbonyl (C=O) groups excluding carboxylic acids is 1. The number of carbonyl (C=O) groups is 1. The number of aromatic nitrogens is 2. The van der Waals surface area contributed by atoms with Crippen molar-refractivity contribution >= 4 is 22.4 Å². The van der Waals surface area contributed by atoms with Gasteiger partial charge in [-0.1, -0.05) is 60.7 Å². The minimum atomic E-state index is -0.332. The van der Waals surface area contributed by atoms with Gasteiger partial charge in [0.25, 0.3) is 5.91 Å². The Morgan fingerprint density at radius 1 is 1.00 bits per heavy atom. The molecular weight excluding hydrogens is 414 g/mol. The van der Waals surface area contributed by atoms with E-state index in [9.17, 15) is 4.79 Å². The number of rotatable bonds is 7. The topological polar surface area (TPSA) is 69.3 Å². The van der Waals surface area contributed by atoms with Crippen LogP contribution in [0, 0.1) is 6.92 Å². The first-order valence-electron chi connectivity index (χ1n) is 10.7. The Morgan fingerprint density at radius 2 is 1.82 bits per heavy atom. The number of hydrogen-bond acceptors (Lipinski definition) is 4. The minimum Gasteiger partial charge on any atom is -0.485 e. The molecule has 0 fully saturated rings. The molecule has 2 heterocycles. The highest BCUT2D eigenvalue weighted by molar-refractivity contribution is 6.02. The summed E-state index contributed by atoms with van der Waals surface area (Å²) in [4.78, 5) is 12.6. The van der Waals surface area contributed by atoms with E-state index in [2.05, 4.69) is 34.7 Å². The summed E-state index contributed by atoms with van der Waals surface area (Å²) in [5.41, 5.74) is 2.82. The zero-order valence-electron chi connectivity index (χ0n) is 18.2. The molecule has 6 nitrogen and oxygen atoms in total. The molecule has 0 aliphatic rings. The number of fused-ring (bicyclic) bond motifs is 1. The first-order valence-corrected chi connectivity index (χ1v) is 10.7. The van der Waals surface area contributed by atoms with Gasteiger partial charge in [-0.3, -0.25) is 9.48 Å². The molecule has 1 amide bonds. The Hall–Kier alpha value is -4.32. The maximum Gasteiger partial charge on any atom is 0.291 e. The molecule has 5 rings (SSSR count). The van der Waals surface area contributed by atoms with Gasteiger partial charge in [-0.25, -0.2) is 0 Å². The third-order valence-corrected chi connectivity index (χ3v) is 5.45. The Balaban J connectivity index is 1.22. The van der Waals surface area contributed by atoms with Crippen molar-refractivity contribution in [3.8, 4) is 5.75 Å². The van der Waals surface area contributed by atoms with Gasteiger partial charge in [0.2, 0.25) is 0 Å². The van der Waals surface area contributed by atoms with Crippen molar-refractivity contribution < 1.29 is 13.9 Å². The van der Waals surface area contributed by atoms with Gasteiger partial charge in [0.05, 0.1) is 18.4 Å². The van der Waals surface area contributed by atoms with Gasteiger partial charge in [0.15, 0.2) is 5.76 Å². The van der Waals surface area contributed by atoms with Gasteiger partial charge in [-0.2, -0.15) is 5.10 Å². The van der Waals surface area contributed by atoms with Crippen LogP contribution < -0.4 is 10.1 Å². The Kier molecular flexibility index (Phi) is 5.64. The molecule has 0 aliphatic carbocycles. The molecule has 0 saturated heterocycles. The highest BCUT2D eigenvalue weighted by Gasteiger charge is 2.13. The van der Waals surface area contributed by atoms with E-state index in [1.807, 2.05) is 55.6 Å². The van der Waals surface area contributed by atoms with Crippen LogP contribution in [0.5, 0.6) is 5.75 Å². The van der Waals surface area contributed by atoms with Crippen molar-refractivity contribution in [2.75, 3.05) is 5.32 Å². The summed E-state index contributed by atoms with van der Waals surface area (Å²) in [6.45, 7) is 2.84. The molecule has 0 spiro atoms. The monoisotopic (exact) mass is 437 g/mol. The van der Waals surface area contributed by atoms with Crippen molar-refractivity contribution in [1.29, 1.82) is 0 Å². The van der Waals surface area contributed by atoms with Crippen LogP contribution in [0.2, 0.25) is 0 Å². The van der Waals surface area contributed by atoms with Crippen LogP contribution in [0.25, 0.3) is 10.8 Å². The van der Waals surface area contributed by atoms with Crippen LogP contribution in [0.1, 0.15) is 27.4 Å². The van der Waals surface area contributed by atoms with Crippen LogP contribution in [-0.4, -0.2) is 15.7 Å². The number of amides is 1. The average Bonchev–Trinajstić information content (AvgIpc) is 3.48. The molecule has 6 heteroatoms. The zero-order chi connectivity index (χ0) is 22.6. The Morgan fingerprint density at radius 3 is 2.73 bits per heavy atom. The lowest BCUT2D eigenvalue weighted by Crippen LogP contribution is -2.10. The van der Waals surface area contributed by atoms with E-state index in [-0.39, 0.29) is 18.3 Å². The summed E-state index contributed by atoms with van der Waals surface area (Å²) >= 11 is 0. The fraction of sp³-hybridized carbons (Fsp3) is 0.111. The second-order valence-electron chi connectivity index (χ2n) is 7.84. The van der Waals surface area contributed by atoms with Gasteiger partial charge in [0.1, 0.15) is 18.1 Å². The molecular formula is C27H23N3O3. The lowest BCUT2D eigenvalue weighted by atomic mass is 10.0. The first-order chi connectivity index (χ1) is 16.2. The largest absolute Gasteiger partial charge is 0.485 e. The van der Waals surface area contributed by atoms with Crippen molar-refractivity contribution in [2.24, 2.45) is 0 Å². The molecule has 1 N–H and O–H groups in total. The molecule has 33 heavy (non-hydrogen) atoms. The van der Waals surface area contributed by atoms with E-state index in [1.54, 1.807) is 23.0 Å². The van der Waals surface area contributed by atoms with Gasteiger partial charge < -0.3 is 14.5 Å². The number of benzene rings is 3. The molecule has 0 unspecified atom stereocenters. The zero-order valence-corrected chi connectivity index (χ0v) is 18.2. The second kappa shape index (κ2) is 9.04. The van der Waals surface area contributed by atoms with Gasteiger partial charge >= 0.3 is 0 Å². The van der Waals surface area contributed by atoms with Crippen molar-refractivity contribution in [3.63, 3.8) is 0 Å². The predicted octanol–water partition coefficient (Wildman–Crippen LogP) is 5.82. The van der Waals surface area contributed by atoms with Crippen LogP contribution in [0.15, 0.2) is 95.7 Å². The highest BCUT2D eigenvalue weighted by atomic mass is 16.5. The number of anilines is 1.